The van der Waals surface area contributed by atoms with Crippen LogP contribution in [0.1, 0.15) is 16.7 Å². The van der Waals surface area contributed by atoms with Gasteiger partial charge in [0, 0.05) is 5.56 Å². The third-order valence-electron chi connectivity index (χ3n) is 3.86. The molecule has 1 aromatic carbocycles. The van der Waals surface area contributed by atoms with Crippen molar-refractivity contribution in [2.24, 2.45) is 0 Å². The number of alkyl halides is 3. The van der Waals surface area contributed by atoms with Crippen LogP contribution in [0.15, 0.2) is 35.8 Å². The predicted molar refractivity (Wildman–Crippen MR) is 96.8 cm³/mol. The molecule has 0 saturated carbocycles. The molecule has 158 valence electrons. The van der Waals surface area contributed by atoms with Crippen LogP contribution >= 0.6 is 0 Å². The molecule has 0 bridgehead atoms. The molecule has 0 atom stereocenters. The van der Waals surface area contributed by atoms with Crippen LogP contribution in [-0.2, 0) is 21.0 Å². The van der Waals surface area contributed by atoms with Crippen LogP contribution in [-0.4, -0.2) is 30.4 Å². The number of aromatic nitrogens is 2. The number of anilines is 1. The standard InChI is InChI=1S/C17H12F4N4O4S/c1-4-15(26)25(30(3,28)29)13-6-14(12(18)5-10(13)7-22)24-16(27)9(2)11(8-23-24)17(19,20)21/h4-6,8H,1H2,2-3H3. The van der Waals surface area contributed by atoms with Crippen molar-refractivity contribution in [1.82, 2.24) is 9.78 Å². The van der Waals surface area contributed by atoms with Crippen molar-refractivity contribution in [3.05, 3.63) is 63.8 Å². The molecule has 2 rings (SSSR count). The number of hydrogen-bond acceptors (Lipinski definition) is 6. The van der Waals surface area contributed by atoms with Gasteiger partial charge in [0.05, 0.1) is 29.3 Å². The first-order valence-corrected chi connectivity index (χ1v) is 9.65. The van der Waals surface area contributed by atoms with Gasteiger partial charge in [-0.1, -0.05) is 6.58 Å². The first-order valence-electron chi connectivity index (χ1n) is 7.80. The molecule has 1 aromatic heterocycles. The van der Waals surface area contributed by atoms with Crippen molar-refractivity contribution in [2.75, 3.05) is 10.6 Å². The van der Waals surface area contributed by atoms with E-state index in [2.05, 4.69) is 11.7 Å². The van der Waals surface area contributed by atoms with Crippen LogP contribution < -0.4 is 9.86 Å². The molecule has 0 N–H and O–H groups in total. The molecule has 2 aromatic rings. The van der Waals surface area contributed by atoms with Crippen LogP contribution in [0.4, 0.5) is 23.2 Å². The molecule has 0 fully saturated rings. The monoisotopic (exact) mass is 444 g/mol. The molecule has 8 nitrogen and oxygen atoms in total. The van der Waals surface area contributed by atoms with Gasteiger partial charge in [-0.15, -0.1) is 0 Å². The Morgan fingerprint density at radius 2 is 1.97 bits per heavy atom. The smallest absolute Gasteiger partial charge is 0.268 e. The molecule has 0 spiro atoms. The quantitative estimate of drug-likeness (QED) is 0.527. The summed E-state index contributed by atoms with van der Waals surface area (Å²) in [7, 11) is -4.34. The lowest BCUT2D eigenvalue weighted by Crippen LogP contribution is -2.36. The lowest BCUT2D eigenvalue weighted by Gasteiger charge is -2.21. The second-order valence-electron chi connectivity index (χ2n) is 5.90. The van der Waals surface area contributed by atoms with Gasteiger partial charge in [-0.05, 0) is 25.1 Å². The predicted octanol–water partition coefficient (Wildman–Crippen LogP) is 2.05. The van der Waals surface area contributed by atoms with Crippen molar-refractivity contribution in [3.63, 3.8) is 0 Å². The van der Waals surface area contributed by atoms with E-state index in [1.54, 1.807) is 0 Å². The SMILES string of the molecule is C=CC(=O)N(c1cc(-n2ncc(C(F)(F)F)c(C)c2=O)c(F)cc1C#N)S(C)(=O)=O. The fraction of sp³-hybridized carbons (Fsp3) is 0.176. The first-order chi connectivity index (χ1) is 13.7. The largest absolute Gasteiger partial charge is 0.418 e. The fourth-order valence-corrected chi connectivity index (χ4v) is 3.42. The number of hydrogen-bond donors (Lipinski definition) is 0. The molecule has 30 heavy (non-hydrogen) atoms. The zero-order valence-electron chi connectivity index (χ0n) is 15.4. The van der Waals surface area contributed by atoms with Gasteiger partial charge in [0.2, 0.25) is 10.0 Å². The third-order valence-corrected chi connectivity index (χ3v) is 4.90. The van der Waals surface area contributed by atoms with Crippen molar-refractivity contribution in [2.45, 2.75) is 13.1 Å². The maximum atomic E-state index is 14.5. The van der Waals surface area contributed by atoms with E-state index in [4.69, 9.17) is 0 Å². The number of rotatable bonds is 4. The minimum Gasteiger partial charge on any atom is -0.268 e. The number of carbonyl (C=O) groups is 1. The Morgan fingerprint density at radius 1 is 1.37 bits per heavy atom. The molecule has 0 aliphatic heterocycles. The average Bonchev–Trinajstić information content (AvgIpc) is 2.62. The van der Waals surface area contributed by atoms with Crippen LogP contribution in [0.5, 0.6) is 0 Å². The van der Waals surface area contributed by atoms with Crippen LogP contribution in [0.25, 0.3) is 5.69 Å². The molecule has 0 aliphatic carbocycles. The minimum absolute atomic E-state index is 0.142. The van der Waals surface area contributed by atoms with Gasteiger partial charge < -0.3 is 0 Å². The van der Waals surface area contributed by atoms with Gasteiger partial charge in [-0.25, -0.2) is 17.1 Å². The summed E-state index contributed by atoms with van der Waals surface area (Å²) in [6.45, 7) is 4.00. The maximum absolute atomic E-state index is 14.5. The Balaban J connectivity index is 2.89. The topological polar surface area (TPSA) is 113 Å². The summed E-state index contributed by atoms with van der Waals surface area (Å²) in [6.07, 6.45) is -3.33. The normalized spacial score (nSPS) is 11.6. The van der Waals surface area contributed by atoms with E-state index in [0.29, 0.717) is 30.7 Å². The summed E-state index contributed by atoms with van der Waals surface area (Å²) >= 11 is 0. The van der Waals surface area contributed by atoms with Crippen LogP contribution in [0, 0.1) is 24.1 Å². The molecule has 1 amide bonds. The van der Waals surface area contributed by atoms with E-state index in [1.165, 1.54) is 6.07 Å². The van der Waals surface area contributed by atoms with Crippen molar-refractivity contribution >= 4 is 21.6 Å². The first kappa shape index (κ1) is 22.8. The fourth-order valence-electron chi connectivity index (χ4n) is 2.51. The summed E-state index contributed by atoms with van der Waals surface area (Å²) in [5, 5.41) is 12.5. The Labute approximate surface area is 167 Å². The van der Waals surface area contributed by atoms with Gasteiger partial charge in [-0.2, -0.15) is 28.2 Å². The number of nitrogens with zero attached hydrogens (tertiary/aromatic N) is 4. The molecule has 0 aliphatic rings. The van der Waals surface area contributed by atoms with Crippen LogP contribution in [0.3, 0.4) is 0 Å². The van der Waals surface area contributed by atoms with Crippen LogP contribution in [0.2, 0.25) is 0 Å². The number of nitriles is 1. The van der Waals surface area contributed by atoms with Gasteiger partial charge in [0.15, 0.2) is 0 Å². The highest BCUT2D eigenvalue weighted by atomic mass is 32.2. The summed E-state index contributed by atoms with van der Waals surface area (Å²) in [4.78, 5) is 24.4. The van der Waals surface area contributed by atoms with E-state index >= 15 is 0 Å². The van der Waals surface area contributed by atoms with Gasteiger partial charge in [0.1, 0.15) is 17.6 Å². The summed E-state index contributed by atoms with van der Waals surface area (Å²) in [5.41, 5.74) is -5.44. The number of carbonyl (C=O) groups excluding carboxylic acids is 1. The highest BCUT2D eigenvalue weighted by Gasteiger charge is 2.35. The maximum Gasteiger partial charge on any atom is 0.418 e. The molecule has 13 heteroatoms. The Hall–Kier alpha value is -3.53. The molecule has 1 heterocycles. The minimum atomic E-state index is -4.88. The van der Waals surface area contributed by atoms with Crippen molar-refractivity contribution < 1.29 is 30.8 Å². The summed E-state index contributed by atoms with van der Waals surface area (Å²) in [5.74, 6) is -2.45. The van der Waals surface area contributed by atoms with E-state index in [9.17, 15) is 40.8 Å². The van der Waals surface area contributed by atoms with E-state index in [1.807, 2.05) is 0 Å². The van der Waals surface area contributed by atoms with E-state index in [0.717, 1.165) is 6.92 Å². The number of benzene rings is 1. The Kier molecular flexibility index (Phi) is 5.85. The van der Waals surface area contributed by atoms with Gasteiger partial charge >= 0.3 is 6.18 Å². The zero-order valence-corrected chi connectivity index (χ0v) is 16.2. The molecule has 0 saturated heterocycles. The molecule has 0 radical (unpaired) electrons. The Morgan fingerprint density at radius 3 is 2.43 bits per heavy atom. The molecular formula is C17H12F4N4O4S. The van der Waals surface area contributed by atoms with E-state index < -0.39 is 61.5 Å². The van der Waals surface area contributed by atoms with Crippen molar-refractivity contribution in [1.29, 1.82) is 5.26 Å². The molecule has 0 unspecified atom stereocenters. The third kappa shape index (κ3) is 4.08. The highest BCUT2D eigenvalue weighted by Crippen LogP contribution is 2.31. The van der Waals surface area contributed by atoms with E-state index in [-0.39, 0.29) is 8.99 Å². The average molecular weight is 444 g/mol. The van der Waals surface area contributed by atoms with Gasteiger partial charge in [0.25, 0.3) is 11.5 Å². The second kappa shape index (κ2) is 7.71. The van der Waals surface area contributed by atoms with Gasteiger partial charge in [-0.3, -0.25) is 9.59 Å². The second-order valence-corrected chi connectivity index (χ2v) is 7.73. The Bertz CT molecular complexity index is 1260. The summed E-state index contributed by atoms with van der Waals surface area (Å²) in [6, 6.07) is 2.69. The lowest BCUT2D eigenvalue weighted by molar-refractivity contribution is -0.138. The highest BCUT2D eigenvalue weighted by molar-refractivity contribution is 7.92. The number of amides is 1. The number of halogens is 4. The molecular weight excluding hydrogens is 432 g/mol. The van der Waals surface area contributed by atoms with Crippen molar-refractivity contribution in [3.8, 4) is 11.8 Å². The lowest BCUT2D eigenvalue weighted by atomic mass is 10.1. The summed E-state index contributed by atoms with van der Waals surface area (Å²) < 4.78 is 77.9. The number of sulfonamides is 1. The zero-order chi connectivity index (χ0) is 23.0.